The average molecular weight is 423 g/mol. The van der Waals surface area contributed by atoms with E-state index in [0.29, 0.717) is 11.1 Å². The van der Waals surface area contributed by atoms with Gasteiger partial charge in [-0.15, -0.1) is 11.8 Å². The van der Waals surface area contributed by atoms with Crippen LogP contribution in [-0.4, -0.2) is 11.6 Å². The highest BCUT2D eigenvalue weighted by Gasteiger charge is 2.31. The van der Waals surface area contributed by atoms with E-state index >= 15 is 0 Å². The summed E-state index contributed by atoms with van der Waals surface area (Å²) in [5.41, 5.74) is 3.07. The van der Waals surface area contributed by atoms with Gasteiger partial charge in [0.05, 0.1) is 10.5 Å². The molecule has 4 aromatic rings. The Balaban J connectivity index is 1.75. The maximum absolute atomic E-state index is 13.5. The Kier molecular flexibility index (Phi) is 6.75. The van der Waals surface area contributed by atoms with Crippen LogP contribution in [0.1, 0.15) is 42.3 Å². The van der Waals surface area contributed by atoms with Crippen molar-refractivity contribution in [2.45, 2.75) is 10.5 Å². The van der Waals surface area contributed by atoms with Crippen LogP contribution in [0.3, 0.4) is 0 Å². The first-order valence-electron chi connectivity index (χ1n) is 10.2. The lowest BCUT2D eigenvalue weighted by Gasteiger charge is -2.23. The smallest absolute Gasteiger partial charge is 0.180 e. The molecule has 0 fully saturated rings. The standard InChI is InChI=1S/C28H22O2S/c29-25(21-13-5-1-6-14-21)27(23-17-9-3-10-18-23)31-28(24-19-11-4-12-20-24)26(30)22-15-7-2-8-16-22/h1-20,27-28H/t27-,28-/m1/s1. The third kappa shape index (κ3) is 5.01. The van der Waals surface area contributed by atoms with E-state index < -0.39 is 10.5 Å². The Morgan fingerprint density at radius 2 is 0.742 bits per heavy atom. The van der Waals surface area contributed by atoms with Crippen molar-refractivity contribution in [3.8, 4) is 0 Å². The van der Waals surface area contributed by atoms with Crippen LogP contribution in [0.25, 0.3) is 0 Å². The maximum atomic E-state index is 13.5. The predicted molar refractivity (Wildman–Crippen MR) is 128 cm³/mol. The molecule has 0 bridgehead atoms. The fourth-order valence-electron chi connectivity index (χ4n) is 3.48. The van der Waals surface area contributed by atoms with Gasteiger partial charge in [-0.25, -0.2) is 0 Å². The first kappa shape index (κ1) is 20.8. The lowest BCUT2D eigenvalue weighted by molar-refractivity contribution is 0.0988. The number of ketones is 2. The molecule has 0 radical (unpaired) electrons. The van der Waals surface area contributed by atoms with Crippen LogP contribution in [0.5, 0.6) is 0 Å². The molecule has 0 aliphatic carbocycles. The highest BCUT2D eigenvalue weighted by Crippen LogP contribution is 2.44. The van der Waals surface area contributed by atoms with Gasteiger partial charge >= 0.3 is 0 Å². The molecule has 0 saturated carbocycles. The fourth-order valence-corrected chi connectivity index (χ4v) is 4.90. The minimum Gasteiger partial charge on any atom is -0.293 e. The minimum atomic E-state index is -0.499. The van der Waals surface area contributed by atoms with Crippen molar-refractivity contribution in [1.29, 1.82) is 0 Å². The van der Waals surface area contributed by atoms with E-state index in [1.165, 1.54) is 11.8 Å². The lowest BCUT2D eigenvalue weighted by Crippen LogP contribution is -2.16. The van der Waals surface area contributed by atoms with Crippen molar-refractivity contribution >= 4 is 23.3 Å². The molecule has 31 heavy (non-hydrogen) atoms. The molecule has 0 N–H and O–H groups in total. The van der Waals surface area contributed by atoms with Crippen LogP contribution in [0.2, 0.25) is 0 Å². The Labute approximate surface area is 187 Å². The normalized spacial score (nSPS) is 12.6. The molecule has 3 heteroatoms. The summed E-state index contributed by atoms with van der Waals surface area (Å²) in [6.07, 6.45) is 0. The number of hydrogen-bond donors (Lipinski definition) is 0. The summed E-state index contributed by atoms with van der Waals surface area (Å²) in [6.45, 7) is 0. The van der Waals surface area contributed by atoms with Crippen molar-refractivity contribution in [2.75, 3.05) is 0 Å². The molecule has 0 amide bonds. The molecule has 0 unspecified atom stereocenters. The van der Waals surface area contributed by atoms with Crippen LogP contribution in [0.15, 0.2) is 121 Å². The molecule has 152 valence electrons. The number of Topliss-reactive ketones (excluding diaryl/α,β-unsaturated/α-hetero) is 2. The van der Waals surface area contributed by atoms with E-state index in [1.54, 1.807) is 0 Å². The number of thioether (sulfide) groups is 1. The number of carbonyl (C=O) groups is 2. The Bertz CT molecular complexity index is 1030. The Morgan fingerprint density at radius 3 is 1.06 bits per heavy atom. The van der Waals surface area contributed by atoms with E-state index in [4.69, 9.17) is 0 Å². The predicted octanol–water partition coefficient (Wildman–Crippen LogP) is 6.97. The van der Waals surface area contributed by atoms with E-state index in [0.717, 1.165) is 11.1 Å². The molecular formula is C28H22O2S. The summed E-state index contributed by atoms with van der Waals surface area (Å²) in [4.78, 5) is 27.1. The minimum absolute atomic E-state index is 0.00130. The van der Waals surface area contributed by atoms with Crippen molar-refractivity contribution in [2.24, 2.45) is 0 Å². The molecule has 2 atom stereocenters. The average Bonchev–Trinajstić information content (AvgIpc) is 2.86. The summed E-state index contributed by atoms with van der Waals surface area (Å²) in [5, 5.41) is -0.997. The summed E-state index contributed by atoms with van der Waals surface area (Å²) < 4.78 is 0. The van der Waals surface area contributed by atoms with Crippen molar-refractivity contribution < 1.29 is 9.59 Å². The molecule has 0 heterocycles. The molecule has 4 rings (SSSR count). The van der Waals surface area contributed by atoms with Crippen molar-refractivity contribution in [3.63, 3.8) is 0 Å². The molecule has 0 aliphatic rings. The van der Waals surface area contributed by atoms with Gasteiger partial charge in [0.2, 0.25) is 0 Å². The van der Waals surface area contributed by atoms with Gasteiger partial charge in [-0.1, -0.05) is 121 Å². The van der Waals surface area contributed by atoms with Gasteiger partial charge < -0.3 is 0 Å². The van der Waals surface area contributed by atoms with E-state index in [1.807, 2.05) is 121 Å². The summed E-state index contributed by atoms with van der Waals surface area (Å²) in [6, 6.07) is 38.0. The van der Waals surface area contributed by atoms with Gasteiger partial charge in [0.15, 0.2) is 11.6 Å². The molecule has 0 aliphatic heterocycles. The summed E-state index contributed by atoms with van der Waals surface area (Å²) in [5.74, 6) is -0.00261. The fraction of sp³-hybridized carbons (Fsp3) is 0.0714. The second-order valence-corrected chi connectivity index (χ2v) is 8.39. The number of benzene rings is 4. The number of rotatable bonds is 8. The number of carbonyl (C=O) groups excluding carboxylic acids is 2. The molecule has 0 spiro atoms. The van der Waals surface area contributed by atoms with Gasteiger partial charge in [-0.3, -0.25) is 9.59 Å². The van der Waals surface area contributed by atoms with Crippen LogP contribution in [0.4, 0.5) is 0 Å². The highest BCUT2D eigenvalue weighted by molar-refractivity contribution is 8.01. The third-order valence-electron chi connectivity index (χ3n) is 5.07. The Morgan fingerprint density at radius 1 is 0.452 bits per heavy atom. The zero-order chi connectivity index (χ0) is 21.5. The third-order valence-corrected chi connectivity index (χ3v) is 6.59. The van der Waals surface area contributed by atoms with E-state index in [-0.39, 0.29) is 11.6 Å². The first-order valence-corrected chi connectivity index (χ1v) is 11.1. The van der Waals surface area contributed by atoms with Gasteiger partial charge in [0.1, 0.15) is 0 Å². The van der Waals surface area contributed by atoms with Gasteiger partial charge in [-0.05, 0) is 11.1 Å². The zero-order valence-electron chi connectivity index (χ0n) is 16.9. The summed E-state index contributed by atoms with van der Waals surface area (Å²) >= 11 is 1.40. The Hall–Kier alpha value is -3.43. The second kappa shape index (κ2) is 10.1. The van der Waals surface area contributed by atoms with Crippen LogP contribution in [-0.2, 0) is 0 Å². The van der Waals surface area contributed by atoms with Crippen LogP contribution >= 0.6 is 11.8 Å². The largest absolute Gasteiger partial charge is 0.293 e. The second-order valence-electron chi connectivity index (χ2n) is 7.18. The van der Waals surface area contributed by atoms with Gasteiger partial charge in [-0.2, -0.15) is 0 Å². The van der Waals surface area contributed by atoms with Crippen molar-refractivity contribution in [3.05, 3.63) is 144 Å². The highest BCUT2D eigenvalue weighted by atomic mass is 32.2. The SMILES string of the molecule is O=C(c1ccccc1)[C@H](S[C@@H](C(=O)c1ccccc1)c1ccccc1)c1ccccc1. The van der Waals surface area contributed by atoms with Gasteiger partial charge in [0, 0.05) is 11.1 Å². The van der Waals surface area contributed by atoms with E-state index in [2.05, 4.69) is 0 Å². The van der Waals surface area contributed by atoms with E-state index in [9.17, 15) is 9.59 Å². The topological polar surface area (TPSA) is 34.1 Å². The van der Waals surface area contributed by atoms with Crippen LogP contribution in [0, 0.1) is 0 Å². The molecular weight excluding hydrogens is 400 g/mol. The van der Waals surface area contributed by atoms with Crippen molar-refractivity contribution in [1.82, 2.24) is 0 Å². The molecule has 2 nitrogen and oxygen atoms in total. The number of hydrogen-bond acceptors (Lipinski definition) is 3. The zero-order valence-corrected chi connectivity index (χ0v) is 17.7. The molecule has 4 aromatic carbocycles. The van der Waals surface area contributed by atoms with Gasteiger partial charge in [0.25, 0.3) is 0 Å². The molecule has 0 aromatic heterocycles. The van der Waals surface area contributed by atoms with Crippen LogP contribution < -0.4 is 0 Å². The molecule has 0 saturated heterocycles. The first-order chi connectivity index (χ1) is 15.2. The quantitative estimate of drug-likeness (QED) is 0.288. The monoisotopic (exact) mass is 422 g/mol. The lowest BCUT2D eigenvalue weighted by atomic mass is 10.0. The maximum Gasteiger partial charge on any atom is 0.180 e. The summed E-state index contributed by atoms with van der Waals surface area (Å²) in [7, 11) is 0.